The fourth-order valence-corrected chi connectivity index (χ4v) is 4.22. The molecule has 0 saturated heterocycles. The van der Waals surface area contributed by atoms with Crippen LogP contribution in [-0.4, -0.2) is 46.8 Å². The van der Waals surface area contributed by atoms with E-state index in [2.05, 4.69) is 24.9 Å². The van der Waals surface area contributed by atoms with Crippen LogP contribution in [0.5, 0.6) is 0 Å². The molecule has 0 saturated carbocycles. The molecule has 6 rings (SSSR count). The summed E-state index contributed by atoms with van der Waals surface area (Å²) < 4.78 is 54.4. The lowest BCUT2D eigenvalue weighted by molar-refractivity contribution is 0.0621. The first-order valence-electron chi connectivity index (χ1n) is 10.6. The Hall–Kier alpha value is -4.42. The molecular weight excluding hydrogens is 467 g/mol. The highest BCUT2D eigenvalue weighted by Gasteiger charge is 2.41. The Bertz CT molecular complexity index is 1570. The molecule has 1 amide bonds. The number of alkyl halides is 2. The molecule has 0 aliphatic carbocycles. The summed E-state index contributed by atoms with van der Waals surface area (Å²) in [7, 11) is 1.64. The number of carbonyl (C=O) groups excluding carboxylic acids is 1. The molecule has 1 aliphatic heterocycles. The van der Waals surface area contributed by atoms with Gasteiger partial charge in [0.2, 0.25) is 17.5 Å². The van der Waals surface area contributed by atoms with E-state index in [1.165, 1.54) is 46.5 Å². The third-order valence-electron chi connectivity index (χ3n) is 5.88. The number of H-pyrrole nitrogens is 1. The number of nitrogens with one attached hydrogen (secondary N) is 1. The van der Waals surface area contributed by atoms with Crippen LogP contribution in [0.1, 0.15) is 46.0 Å². The van der Waals surface area contributed by atoms with Gasteiger partial charge in [-0.1, -0.05) is 0 Å². The summed E-state index contributed by atoms with van der Waals surface area (Å²) in [5, 5.41) is 0. The van der Waals surface area contributed by atoms with Gasteiger partial charge in [0.25, 0.3) is 12.3 Å². The fraction of sp³-hybridized carbons (Fsp3) is 0.227. The lowest BCUT2D eigenvalue weighted by atomic mass is 10.0. The second-order valence-electron chi connectivity index (χ2n) is 8.01. The van der Waals surface area contributed by atoms with Gasteiger partial charge in [0, 0.05) is 31.8 Å². The predicted octanol–water partition coefficient (Wildman–Crippen LogP) is 3.80. The SMILES string of the molecule is Cn1cncc1-c1nc(C(F)F)c(C(=O)N2CCc3[nH]cnc3[C@H]2c2nc3cc(F)ccc3o2)o1. The lowest BCUT2D eigenvalue weighted by Crippen LogP contribution is -2.41. The van der Waals surface area contributed by atoms with Crippen molar-refractivity contribution in [1.82, 2.24) is 34.4 Å². The van der Waals surface area contributed by atoms with E-state index in [9.17, 15) is 18.0 Å². The minimum absolute atomic E-state index is 0.0666. The maximum Gasteiger partial charge on any atom is 0.292 e. The standard InChI is InChI=1S/C22H16F3N7O3/c1-31-9-26-7-13(31)20-30-16(19(24)25)18(35-20)22(33)32-5-4-11-15(28-8-27-11)17(32)21-29-12-6-10(23)2-3-14(12)34-21/h2-3,6-9,17,19H,4-5H2,1H3,(H,27,28)/t17-/m0/s1. The number of aryl methyl sites for hydroxylation is 1. The minimum atomic E-state index is -3.06. The molecule has 0 bridgehead atoms. The topological polar surface area (TPSA) is 119 Å². The van der Waals surface area contributed by atoms with Gasteiger partial charge in [0.15, 0.2) is 17.3 Å². The van der Waals surface area contributed by atoms with Gasteiger partial charge in [-0.05, 0) is 12.1 Å². The van der Waals surface area contributed by atoms with E-state index in [-0.39, 0.29) is 23.8 Å². The summed E-state index contributed by atoms with van der Waals surface area (Å²) in [6.07, 6.45) is 1.65. The molecule has 5 aromatic rings. The number of benzene rings is 1. The molecule has 0 spiro atoms. The molecule has 1 atom stereocenters. The molecule has 4 aromatic heterocycles. The Kier molecular flexibility index (Phi) is 4.72. The van der Waals surface area contributed by atoms with Gasteiger partial charge in [-0.2, -0.15) is 0 Å². The van der Waals surface area contributed by atoms with Crippen molar-refractivity contribution in [3.05, 3.63) is 71.6 Å². The van der Waals surface area contributed by atoms with E-state index < -0.39 is 35.6 Å². The monoisotopic (exact) mass is 483 g/mol. The van der Waals surface area contributed by atoms with Crippen molar-refractivity contribution >= 4 is 17.0 Å². The zero-order valence-electron chi connectivity index (χ0n) is 18.1. The van der Waals surface area contributed by atoms with Crippen LogP contribution in [-0.2, 0) is 13.5 Å². The molecular formula is C22H16F3N7O3. The number of aromatic amines is 1. The van der Waals surface area contributed by atoms with Crippen LogP contribution in [0.25, 0.3) is 22.7 Å². The van der Waals surface area contributed by atoms with Crippen LogP contribution in [0.2, 0.25) is 0 Å². The van der Waals surface area contributed by atoms with Gasteiger partial charge in [-0.3, -0.25) is 4.79 Å². The fourth-order valence-electron chi connectivity index (χ4n) is 4.22. The largest absolute Gasteiger partial charge is 0.438 e. The molecule has 35 heavy (non-hydrogen) atoms. The third kappa shape index (κ3) is 3.38. The molecule has 0 radical (unpaired) electrons. The van der Waals surface area contributed by atoms with Crippen molar-refractivity contribution in [2.45, 2.75) is 18.9 Å². The van der Waals surface area contributed by atoms with Gasteiger partial charge in [-0.25, -0.2) is 33.1 Å². The number of halogens is 3. The number of aromatic nitrogens is 6. The Morgan fingerprint density at radius 1 is 1.26 bits per heavy atom. The number of oxazole rings is 2. The van der Waals surface area contributed by atoms with Gasteiger partial charge < -0.3 is 23.3 Å². The Morgan fingerprint density at radius 2 is 2.11 bits per heavy atom. The van der Waals surface area contributed by atoms with E-state index in [0.29, 0.717) is 23.4 Å². The average molecular weight is 483 g/mol. The molecule has 5 heterocycles. The molecule has 13 heteroatoms. The van der Waals surface area contributed by atoms with Gasteiger partial charge in [0.1, 0.15) is 17.0 Å². The molecule has 10 nitrogen and oxygen atoms in total. The number of hydrogen-bond donors (Lipinski definition) is 1. The quantitative estimate of drug-likeness (QED) is 0.413. The predicted molar refractivity (Wildman–Crippen MR) is 113 cm³/mol. The normalized spacial score (nSPS) is 15.8. The highest BCUT2D eigenvalue weighted by Crippen LogP contribution is 2.37. The van der Waals surface area contributed by atoms with Crippen LogP contribution in [0, 0.1) is 5.82 Å². The Morgan fingerprint density at radius 3 is 2.89 bits per heavy atom. The molecule has 1 aromatic carbocycles. The summed E-state index contributed by atoms with van der Waals surface area (Å²) >= 11 is 0. The average Bonchev–Trinajstić information content (AvgIpc) is 3.62. The van der Waals surface area contributed by atoms with Crippen LogP contribution in [0.15, 0.2) is 45.9 Å². The number of imidazole rings is 2. The summed E-state index contributed by atoms with van der Waals surface area (Å²) in [6, 6.07) is 2.90. The van der Waals surface area contributed by atoms with Crippen LogP contribution < -0.4 is 0 Å². The van der Waals surface area contributed by atoms with Gasteiger partial charge in [0.05, 0.1) is 24.5 Å². The summed E-state index contributed by atoms with van der Waals surface area (Å²) in [6.45, 7) is 0.135. The lowest BCUT2D eigenvalue weighted by Gasteiger charge is -2.32. The Balaban J connectivity index is 1.46. The minimum Gasteiger partial charge on any atom is -0.438 e. The zero-order chi connectivity index (χ0) is 24.3. The van der Waals surface area contributed by atoms with Crippen LogP contribution in [0.4, 0.5) is 13.2 Å². The van der Waals surface area contributed by atoms with E-state index in [1.807, 2.05) is 0 Å². The molecule has 0 unspecified atom stereocenters. The Labute approximate surface area is 194 Å². The van der Waals surface area contributed by atoms with Gasteiger partial charge in [-0.15, -0.1) is 0 Å². The smallest absolute Gasteiger partial charge is 0.292 e. The van der Waals surface area contributed by atoms with E-state index in [1.54, 1.807) is 7.05 Å². The second-order valence-corrected chi connectivity index (χ2v) is 8.01. The molecule has 0 fully saturated rings. The van der Waals surface area contributed by atoms with E-state index in [4.69, 9.17) is 8.83 Å². The first kappa shape index (κ1) is 21.1. The molecule has 1 N–H and O–H groups in total. The molecule has 178 valence electrons. The first-order valence-corrected chi connectivity index (χ1v) is 10.6. The number of carbonyl (C=O) groups is 1. The van der Waals surface area contributed by atoms with Crippen molar-refractivity contribution in [3.8, 4) is 11.6 Å². The van der Waals surface area contributed by atoms with Crippen LogP contribution >= 0.6 is 0 Å². The highest BCUT2D eigenvalue weighted by atomic mass is 19.3. The number of nitrogens with zero attached hydrogens (tertiary/aromatic N) is 6. The first-order chi connectivity index (χ1) is 16.9. The number of amides is 1. The summed E-state index contributed by atoms with van der Waals surface area (Å²) in [5.74, 6) is -2.01. The molecule has 1 aliphatic rings. The van der Waals surface area contributed by atoms with Crippen molar-refractivity contribution < 1.29 is 26.8 Å². The summed E-state index contributed by atoms with van der Waals surface area (Å²) in [4.78, 5) is 34.4. The van der Waals surface area contributed by atoms with E-state index in [0.717, 1.165) is 5.69 Å². The third-order valence-corrected chi connectivity index (χ3v) is 5.88. The maximum atomic E-state index is 13.9. The zero-order valence-corrected chi connectivity index (χ0v) is 18.1. The second kappa shape index (κ2) is 7.82. The van der Waals surface area contributed by atoms with Crippen molar-refractivity contribution in [2.24, 2.45) is 7.05 Å². The van der Waals surface area contributed by atoms with Gasteiger partial charge >= 0.3 is 0 Å². The van der Waals surface area contributed by atoms with Crippen LogP contribution in [0.3, 0.4) is 0 Å². The highest BCUT2D eigenvalue weighted by molar-refractivity contribution is 5.93. The van der Waals surface area contributed by atoms with Crippen molar-refractivity contribution in [3.63, 3.8) is 0 Å². The number of hydrogen-bond acceptors (Lipinski definition) is 7. The number of fused-ring (bicyclic) bond motifs is 2. The maximum absolute atomic E-state index is 13.9. The number of rotatable bonds is 4. The summed E-state index contributed by atoms with van der Waals surface area (Å²) in [5.41, 5.74) is 1.30. The van der Waals surface area contributed by atoms with Crippen molar-refractivity contribution in [1.29, 1.82) is 0 Å². The van der Waals surface area contributed by atoms with E-state index >= 15 is 0 Å². The van der Waals surface area contributed by atoms with Crippen molar-refractivity contribution in [2.75, 3.05) is 6.54 Å².